The van der Waals surface area contributed by atoms with Gasteiger partial charge >= 0.3 is 5.97 Å². The zero-order valence-corrected chi connectivity index (χ0v) is 22.4. The molecule has 0 heterocycles. The van der Waals surface area contributed by atoms with Gasteiger partial charge in [0, 0.05) is 5.56 Å². The Bertz CT molecular complexity index is 1280. The van der Waals surface area contributed by atoms with Crippen molar-refractivity contribution in [2.24, 2.45) is 0 Å². The molecule has 3 aromatic rings. The Balaban J connectivity index is 1.34. The molecule has 0 bridgehead atoms. The van der Waals surface area contributed by atoms with Crippen LogP contribution in [0.1, 0.15) is 85.7 Å². The third-order valence-electron chi connectivity index (χ3n) is 7.38. The predicted octanol–water partition coefficient (Wildman–Crippen LogP) is 9.06. The van der Waals surface area contributed by atoms with Crippen molar-refractivity contribution in [1.29, 1.82) is 0 Å². The van der Waals surface area contributed by atoms with Gasteiger partial charge in [0.25, 0.3) is 0 Å². The molecule has 0 aromatic heterocycles. The van der Waals surface area contributed by atoms with Crippen LogP contribution in [-0.2, 0) is 4.74 Å². The Labute approximate surface area is 227 Å². The summed E-state index contributed by atoms with van der Waals surface area (Å²) in [6.45, 7) is 4.27. The number of ether oxygens (including phenoxy) is 2. The van der Waals surface area contributed by atoms with E-state index in [4.69, 9.17) is 9.47 Å². The van der Waals surface area contributed by atoms with E-state index in [2.05, 4.69) is 6.92 Å². The Kier molecular flexibility index (Phi) is 9.65. The summed E-state index contributed by atoms with van der Waals surface area (Å²) in [7, 11) is 0. The minimum Gasteiger partial charge on any atom is -0.490 e. The van der Waals surface area contributed by atoms with E-state index in [0.717, 1.165) is 31.2 Å². The molecule has 1 aliphatic carbocycles. The van der Waals surface area contributed by atoms with Gasteiger partial charge < -0.3 is 9.47 Å². The summed E-state index contributed by atoms with van der Waals surface area (Å²) in [5.74, 6) is -5.67. The normalized spacial score (nSPS) is 17.2. The van der Waals surface area contributed by atoms with E-state index in [0.29, 0.717) is 36.8 Å². The number of unbranched alkanes of at least 4 members (excludes halogenated alkanes) is 3. The number of hydrogen-bond acceptors (Lipinski definition) is 3. The van der Waals surface area contributed by atoms with Crippen LogP contribution in [0.2, 0.25) is 0 Å². The van der Waals surface area contributed by atoms with E-state index >= 15 is 4.39 Å². The van der Waals surface area contributed by atoms with E-state index in [9.17, 15) is 18.0 Å². The fraction of sp³-hybridized carbons (Fsp3) is 0.406. The van der Waals surface area contributed by atoms with Crippen molar-refractivity contribution in [2.75, 3.05) is 6.61 Å². The number of benzene rings is 3. The molecule has 0 aliphatic heterocycles. The summed E-state index contributed by atoms with van der Waals surface area (Å²) in [4.78, 5) is 12.6. The summed E-state index contributed by atoms with van der Waals surface area (Å²) in [5.41, 5.74) is 1.65. The van der Waals surface area contributed by atoms with Crippen LogP contribution in [0.4, 0.5) is 17.6 Å². The second-order valence-corrected chi connectivity index (χ2v) is 10.2. The lowest BCUT2D eigenvalue weighted by Gasteiger charge is -2.29. The largest absolute Gasteiger partial charge is 0.490 e. The van der Waals surface area contributed by atoms with Crippen LogP contribution in [0.25, 0.3) is 11.1 Å². The number of esters is 1. The summed E-state index contributed by atoms with van der Waals surface area (Å²) < 4.78 is 69.8. The monoisotopic (exact) mass is 542 g/mol. The van der Waals surface area contributed by atoms with Crippen LogP contribution in [0, 0.1) is 30.2 Å². The van der Waals surface area contributed by atoms with E-state index in [1.165, 1.54) is 12.1 Å². The predicted molar refractivity (Wildman–Crippen MR) is 143 cm³/mol. The van der Waals surface area contributed by atoms with Gasteiger partial charge in [-0.3, -0.25) is 0 Å². The number of aryl methyl sites for hydroxylation is 1. The third-order valence-corrected chi connectivity index (χ3v) is 7.38. The smallest absolute Gasteiger partial charge is 0.341 e. The molecule has 0 unspecified atom stereocenters. The molecular formula is C32H34F4O3. The average Bonchev–Trinajstić information content (AvgIpc) is 2.93. The summed E-state index contributed by atoms with van der Waals surface area (Å²) >= 11 is 0. The molecule has 0 spiro atoms. The van der Waals surface area contributed by atoms with Crippen LogP contribution in [0.3, 0.4) is 0 Å². The maximum atomic E-state index is 15.0. The summed E-state index contributed by atoms with van der Waals surface area (Å²) in [6.07, 6.45) is 4.99. The van der Waals surface area contributed by atoms with Crippen LogP contribution in [0.15, 0.2) is 48.5 Å². The van der Waals surface area contributed by atoms with Gasteiger partial charge in [-0.25, -0.2) is 18.0 Å². The highest BCUT2D eigenvalue weighted by Gasteiger charge is 2.30. The van der Waals surface area contributed by atoms with Crippen LogP contribution in [-0.4, -0.2) is 18.7 Å². The lowest BCUT2D eigenvalue weighted by atomic mass is 9.82. The average molecular weight is 543 g/mol. The SMILES string of the molecule is CCCCCCOc1ccc(C(=O)OC2CCC(c3ccc(-c4ccc(C)cc4)c(F)c3F)CC2)c(F)c1F. The van der Waals surface area contributed by atoms with Crippen molar-refractivity contribution in [1.82, 2.24) is 0 Å². The summed E-state index contributed by atoms with van der Waals surface area (Å²) in [6, 6.07) is 12.8. The fourth-order valence-electron chi connectivity index (χ4n) is 5.05. The first kappa shape index (κ1) is 28.7. The second-order valence-electron chi connectivity index (χ2n) is 10.2. The van der Waals surface area contributed by atoms with Gasteiger partial charge in [-0.1, -0.05) is 68.1 Å². The molecule has 1 aliphatic rings. The first-order valence-corrected chi connectivity index (χ1v) is 13.7. The molecule has 0 atom stereocenters. The third kappa shape index (κ3) is 6.81. The standard InChI is InChI=1S/C32H34F4O3/c1-3-4-5-6-19-38-27-18-17-26(30(35)31(27)36)32(37)39-23-13-11-22(12-14-23)25-16-15-24(28(33)29(25)34)21-9-7-20(2)8-10-21/h7-10,15-18,22-23H,3-6,11-14,19H2,1-2H3. The number of carbonyl (C=O) groups is 1. The van der Waals surface area contributed by atoms with Crippen molar-refractivity contribution in [2.45, 2.75) is 77.2 Å². The first-order valence-electron chi connectivity index (χ1n) is 13.7. The highest BCUT2D eigenvalue weighted by atomic mass is 19.2. The zero-order valence-electron chi connectivity index (χ0n) is 22.4. The van der Waals surface area contributed by atoms with Crippen molar-refractivity contribution in [3.05, 3.63) is 88.5 Å². The Morgan fingerprint density at radius 2 is 1.51 bits per heavy atom. The van der Waals surface area contributed by atoms with Crippen LogP contribution < -0.4 is 4.74 Å². The highest BCUT2D eigenvalue weighted by molar-refractivity contribution is 5.90. The molecule has 0 radical (unpaired) electrons. The lowest BCUT2D eigenvalue weighted by Crippen LogP contribution is -2.25. The highest BCUT2D eigenvalue weighted by Crippen LogP contribution is 2.38. The van der Waals surface area contributed by atoms with Gasteiger partial charge in [0.2, 0.25) is 5.82 Å². The first-order chi connectivity index (χ1) is 18.8. The molecule has 208 valence electrons. The molecule has 1 fully saturated rings. The van der Waals surface area contributed by atoms with E-state index < -0.39 is 40.9 Å². The van der Waals surface area contributed by atoms with Crippen molar-refractivity contribution >= 4 is 5.97 Å². The molecule has 7 heteroatoms. The molecule has 1 saturated carbocycles. The Hall–Kier alpha value is -3.35. The van der Waals surface area contributed by atoms with Gasteiger partial charge in [-0.05, 0) is 68.2 Å². The summed E-state index contributed by atoms with van der Waals surface area (Å²) in [5, 5.41) is 0. The number of hydrogen-bond donors (Lipinski definition) is 0. The van der Waals surface area contributed by atoms with Gasteiger partial charge in [0.1, 0.15) is 6.10 Å². The fourth-order valence-corrected chi connectivity index (χ4v) is 5.05. The number of halogens is 4. The minimum absolute atomic E-state index is 0.209. The van der Waals surface area contributed by atoms with Crippen molar-refractivity contribution < 1.29 is 31.8 Å². The van der Waals surface area contributed by atoms with Crippen LogP contribution >= 0.6 is 0 Å². The lowest BCUT2D eigenvalue weighted by molar-refractivity contribution is 0.0188. The molecule has 0 N–H and O–H groups in total. The van der Waals surface area contributed by atoms with Gasteiger partial charge in [0.05, 0.1) is 12.2 Å². The van der Waals surface area contributed by atoms with Gasteiger partial charge in [0.15, 0.2) is 23.2 Å². The van der Waals surface area contributed by atoms with E-state index in [1.807, 2.05) is 19.1 Å². The van der Waals surface area contributed by atoms with E-state index in [-0.39, 0.29) is 23.8 Å². The molecular weight excluding hydrogens is 508 g/mol. The molecule has 3 aromatic carbocycles. The van der Waals surface area contributed by atoms with Crippen molar-refractivity contribution in [3.63, 3.8) is 0 Å². The molecule has 4 rings (SSSR count). The number of carbonyl (C=O) groups excluding carboxylic acids is 1. The second kappa shape index (κ2) is 13.1. The quantitative estimate of drug-likeness (QED) is 0.146. The zero-order chi connectivity index (χ0) is 27.9. The number of rotatable bonds is 10. The Morgan fingerprint density at radius 3 is 2.21 bits per heavy atom. The van der Waals surface area contributed by atoms with E-state index in [1.54, 1.807) is 24.3 Å². The molecule has 0 amide bonds. The minimum atomic E-state index is -1.30. The maximum Gasteiger partial charge on any atom is 0.341 e. The molecule has 3 nitrogen and oxygen atoms in total. The molecule has 39 heavy (non-hydrogen) atoms. The van der Waals surface area contributed by atoms with Gasteiger partial charge in [-0.15, -0.1) is 0 Å². The van der Waals surface area contributed by atoms with Gasteiger partial charge in [-0.2, -0.15) is 4.39 Å². The van der Waals surface area contributed by atoms with Crippen LogP contribution in [0.5, 0.6) is 5.75 Å². The topological polar surface area (TPSA) is 35.5 Å². The Morgan fingerprint density at radius 1 is 0.795 bits per heavy atom. The maximum absolute atomic E-state index is 15.0. The van der Waals surface area contributed by atoms with Crippen molar-refractivity contribution in [3.8, 4) is 16.9 Å². The molecule has 0 saturated heterocycles.